The fraction of sp³-hybridized carbons (Fsp3) is 0.744. The topological polar surface area (TPSA) is 143 Å². The highest BCUT2D eigenvalue weighted by molar-refractivity contribution is 5.90. The van der Waals surface area contributed by atoms with Crippen molar-refractivity contribution < 1.29 is 28.7 Å². The lowest BCUT2D eigenvalue weighted by atomic mass is 9.82. The number of hydrogen-bond acceptors (Lipinski definition) is 7. The van der Waals surface area contributed by atoms with Crippen molar-refractivity contribution in [2.75, 3.05) is 32.8 Å². The fourth-order valence-corrected chi connectivity index (χ4v) is 7.31. The van der Waals surface area contributed by atoms with Crippen LogP contribution in [0.2, 0.25) is 0 Å². The molecule has 0 aromatic heterocycles. The van der Waals surface area contributed by atoms with Crippen LogP contribution in [0, 0.1) is 23.7 Å². The molecule has 11 nitrogen and oxygen atoms in total. The van der Waals surface area contributed by atoms with Gasteiger partial charge in [0, 0.05) is 50.0 Å². The van der Waals surface area contributed by atoms with Crippen LogP contribution in [0.3, 0.4) is 0 Å². The molecule has 4 rings (SSSR count). The summed E-state index contributed by atoms with van der Waals surface area (Å²) in [6, 6.07) is 7.57. The largest absolute Gasteiger partial charge is 0.376 e. The monoisotopic (exact) mass is 697 g/mol. The van der Waals surface area contributed by atoms with Crippen LogP contribution in [-0.4, -0.2) is 96.5 Å². The molecule has 1 aromatic carbocycles. The predicted molar refractivity (Wildman–Crippen MR) is 194 cm³/mol. The van der Waals surface area contributed by atoms with Crippen molar-refractivity contribution in [3.63, 3.8) is 0 Å². The van der Waals surface area contributed by atoms with Crippen LogP contribution in [0.25, 0.3) is 0 Å². The molecule has 11 heteroatoms. The summed E-state index contributed by atoms with van der Waals surface area (Å²) in [6.07, 6.45) is 7.79. The Bertz CT molecular complexity index is 1230. The van der Waals surface area contributed by atoms with Crippen molar-refractivity contribution in [2.24, 2.45) is 29.4 Å². The standard InChI is InChI=1S/C39H63N5O6/c1-26(2)36(45)41-34(28(5)49-24-29-15-9-6-10-16-29)39(48)44-23-31(22-40)32(44)21-33(50-25-30-17-11-7-12-18-30)35(42-37(46)27(3)4)38(47)43-19-13-8-14-20-43/h7,11-12,17-18,26-29,31-35H,6,8-10,13-16,19-25,40H2,1-5H3,(H,41,45)(H,42,46). The molecule has 0 radical (unpaired) electrons. The summed E-state index contributed by atoms with van der Waals surface area (Å²) in [6.45, 7) is 11.9. The molecule has 3 fully saturated rings. The Morgan fingerprint density at radius 1 is 0.800 bits per heavy atom. The van der Waals surface area contributed by atoms with Gasteiger partial charge >= 0.3 is 0 Å². The molecule has 280 valence electrons. The number of carbonyl (C=O) groups excluding carboxylic acids is 4. The maximum atomic E-state index is 14.4. The molecule has 4 amide bonds. The van der Waals surface area contributed by atoms with Gasteiger partial charge in [-0.05, 0) is 63.5 Å². The van der Waals surface area contributed by atoms with Crippen LogP contribution in [0.15, 0.2) is 30.3 Å². The van der Waals surface area contributed by atoms with Crippen LogP contribution in [0.4, 0.5) is 0 Å². The number of nitrogens with two attached hydrogens (primary N) is 1. The zero-order valence-electron chi connectivity index (χ0n) is 31.1. The second-order valence-electron chi connectivity index (χ2n) is 15.3. The van der Waals surface area contributed by atoms with Gasteiger partial charge in [-0.2, -0.15) is 0 Å². The Balaban J connectivity index is 1.60. The number of piperidine rings is 1. The molecule has 2 aliphatic heterocycles. The minimum atomic E-state index is -0.933. The van der Waals surface area contributed by atoms with Gasteiger partial charge in [0.15, 0.2) is 0 Å². The van der Waals surface area contributed by atoms with E-state index in [2.05, 4.69) is 10.6 Å². The van der Waals surface area contributed by atoms with E-state index in [9.17, 15) is 19.2 Å². The first-order chi connectivity index (χ1) is 24.0. The SMILES string of the molecule is CC(C)C(=O)NC(C(=O)N1CC(CN)C1CC(OCc1ccccc1)C(NC(=O)C(C)C)C(=O)N1CCCCC1)C(C)OCC1CCCCC1. The lowest BCUT2D eigenvalue weighted by molar-refractivity contribution is -0.156. The molecule has 1 saturated carbocycles. The molecule has 2 heterocycles. The minimum absolute atomic E-state index is 0.0340. The molecule has 1 aliphatic carbocycles. The second kappa shape index (κ2) is 19.6. The molecule has 0 spiro atoms. The molecule has 6 unspecified atom stereocenters. The van der Waals surface area contributed by atoms with E-state index in [1.165, 1.54) is 19.3 Å². The van der Waals surface area contributed by atoms with Gasteiger partial charge in [-0.1, -0.05) is 77.3 Å². The van der Waals surface area contributed by atoms with Crippen molar-refractivity contribution >= 4 is 23.6 Å². The minimum Gasteiger partial charge on any atom is -0.376 e. The number of likely N-dealkylation sites (tertiary alicyclic amines) is 2. The van der Waals surface area contributed by atoms with Crippen LogP contribution in [0.1, 0.15) is 98.0 Å². The van der Waals surface area contributed by atoms with Crippen molar-refractivity contribution in [3.05, 3.63) is 35.9 Å². The van der Waals surface area contributed by atoms with E-state index in [-0.39, 0.29) is 54.0 Å². The Kier molecular flexibility index (Phi) is 15.5. The number of rotatable bonds is 17. The molecule has 6 atom stereocenters. The van der Waals surface area contributed by atoms with E-state index in [0.717, 1.165) is 37.7 Å². The van der Waals surface area contributed by atoms with E-state index in [1.54, 1.807) is 32.6 Å². The molecular formula is C39H63N5O6. The van der Waals surface area contributed by atoms with Crippen LogP contribution >= 0.6 is 0 Å². The summed E-state index contributed by atoms with van der Waals surface area (Å²) in [5.74, 6) is -1.04. The maximum Gasteiger partial charge on any atom is 0.248 e. The summed E-state index contributed by atoms with van der Waals surface area (Å²) in [5, 5.41) is 6.03. The summed E-state index contributed by atoms with van der Waals surface area (Å²) in [4.78, 5) is 58.5. The lowest BCUT2D eigenvalue weighted by Crippen LogP contribution is -2.68. The van der Waals surface area contributed by atoms with Crippen LogP contribution < -0.4 is 16.4 Å². The van der Waals surface area contributed by atoms with Crippen molar-refractivity contribution in [1.29, 1.82) is 0 Å². The van der Waals surface area contributed by atoms with E-state index < -0.39 is 24.3 Å². The molecule has 50 heavy (non-hydrogen) atoms. The fourth-order valence-electron chi connectivity index (χ4n) is 7.31. The average Bonchev–Trinajstić information content (AvgIpc) is 3.12. The average molecular weight is 698 g/mol. The van der Waals surface area contributed by atoms with Gasteiger partial charge in [-0.15, -0.1) is 0 Å². The van der Waals surface area contributed by atoms with Crippen molar-refractivity contribution in [2.45, 2.75) is 129 Å². The normalized spacial score (nSPS) is 22.4. The van der Waals surface area contributed by atoms with E-state index in [1.807, 2.05) is 42.2 Å². The third-order valence-corrected chi connectivity index (χ3v) is 10.7. The number of carbonyl (C=O) groups is 4. The Hall–Kier alpha value is -3.02. The van der Waals surface area contributed by atoms with Gasteiger partial charge in [0.05, 0.1) is 18.8 Å². The van der Waals surface area contributed by atoms with Gasteiger partial charge in [-0.3, -0.25) is 19.2 Å². The highest BCUT2D eigenvalue weighted by atomic mass is 16.5. The first-order valence-electron chi connectivity index (χ1n) is 19.2. The van der Waals surface area contributed by atoms with Gasteiger partial charge in [0.1, 0.15) is 12.1 Å². The Morgan fingerprint density at radius 3 is 2.00 bits per heavy atom. The van der Waals surface area contributed by atoms with Crippen LogP contribution in [-0.2, 0) is 35.3 Å². The first-order valence-corrected chi connectivity index (χ1v) is 19.2. The summed E-state index contributed by atoms with van der Waals surface area (Å²) in [7, 11) is 0. The number of amides is 4. The highest BCUT2D eigenvalue weighted by Crippen LogP contribution is 2.32. The number of hydrogen-bond donors (Lipinski definition) is 3. The van der Waals surface area contributed by atoms with E-state index >= 15 is 0 Å². The van der Waals surface area contributed by atoms with Crippen molar-refractivity contribution in [1.82, 2.24) is 20.4 Å². The zero-order valence-corrected chi connectivity index (χ0v) is 31.1. The van der Waals surface area contributed by atoms with Crippen molar-refractivity contribution in [3.8, 4) is 0 Å². The third kappa shape index (κ3) is 11.0. The van der Waals surface area contributed by atoms with Crippen LogP contribution in [0.5, 0.6) is 0 Å². The molecule has 0 bridgehead atoms. The predicted octanol–water partition coefficient (Wildman–Crippen LogP) is 4.03. The Labute approximate surface area is 299 Å². The van der Waals surface area contributed by atoms with E-state index in [0.29, 0.717) is 45.1 Å². The zero-order chi connectivity index (χ0) is 36.2. The number of nitrogens with one attached hydrogen (secondary N) is 2. The summed E-state index contributed by atoms with van der Waals surface area (Å²) < 4.78 is 12.9. The number of benzene rings is 1. The van der Waals surface area contributed by atoms with Gasteiger partial charge < -0.3 is 35.6 Å². The number of nitrogens with zero attached hydrogens (tertiary/aromatic N) is 2. The van der Waals surface area contributed by atoms with Gasteiger partial charge in [0.2, 0.25) is 23.6 Å². The van der Waals surface area contributed by atoms with Gasteiger partial charge in [0.25, 0.3) is 0 Å². The Morgan fingerprint density at radius 2 is 1.40 bits per heavy atom. The summed E-state index contributed by atoms with van der Waals surface area (Å²) in [5.41, 5.74) is 7.21. The van der Waals surface area contributed by atoms with Gasteiger partial charge in [-0.25, -0.2) is 0 Å². The molecule has 4 N–H and O–H groups in total. The van der Waals surface area contributed by atoms with E-state index in [4.69, 9.17) is 15.2 Å². The molecular weight excluding hydrogens is 634 g/mol. The highest BCUT2D eigenvalue weighted by Gasteiger charge is 2.48. The third-order valence-electron chi connectivity index (χ3n) is 10.7. The number of ether oxygens (including phenoxy) is 2. The molecule has 2 saturated heterocycles. The molecule has 3 aliphatic rings. The summed E-state index contributed by atoms with van der Waals surface area (Å²) >= 11 is 0. The first kappa shape index (κ1) is 39.8. The smallest absolute Gasteiger partial charge is 0.248 e. The lowest BCUT2D eigenvalue weighted by Gasteiger charge is -2.51. The second-order valence-corrected chi connectivity index (χ2v) is 15.3. The maximum absolute atomic E-state index is 14.4. The molecule has 1 aromatic rings. The quantitative estimate of drug-likeness (QED) is 0.223.